The van der Waals surface area contributed by atoms with E-state index in [1.807, 2.05) is 66.7 Å². The number of ether oxygens (including phenoxy) is 1. The molecule has 0 fully saturated rings. The Morgan fingerprint density at radius 2 is 1.76 bits per heavy atom. The average Bonchev–Trinajstić information content (AvgIpc) is 2.86. The highest BCUT2D eigenvalue weighted by Gasteiger charge is 2.23. The normalized spacial score (nSPS) is 13.3. The zero-order chi connectivity index (χ0) is 20.4. The van der Waals surface area contributed by atoms with E-state index in [2.05, 4.69) is 5.32 Å². The standard InChI is InChI=1S/C22H17Cl2N3OS/c1-28-16-9-6-14(7-10-16)13-27-22(29)25-20-11-8-15(23)12-18(20)21(26-27)17-4-2-3-5-19(17)24/h2-12H,13H2,1H3,(H,25,29). The summed E-state index contributed by atoms with van der Waals surface area (Å²) in [5, 5.41) is 11.6. The van der Waals surface area contributed by atoms with Crippen LogP contribution < -0.4 is 10.1 Å². The van der Waals surface area contributed by atoms with E-state index in [1.54, 1.807) is 12.1 Å². The monoisotopic (exact) mass is 441 g/mol. The van der Waals surface area contributed by atoms with Gasteiger partial charge in [0.05, 0.1) is 18.7 Å². The Hall–Kier alpha value is -2.60. The zero-order valence-electron chi connectivity index (χ0n) is 15.5. The number of hydrazone groups is 1. The van der Waals surface area contributed by atoms with Gasteiger partial charge in [0.25, 0.3) is 0 Å². The van der Waals surface area contributed by atoms with Crippen molar-refractivity contribution < 1.29 is 4.74 Å². The molecule has 0 aromatic heterocycles. The highest BCUT2D eigenvalue weighted by molar-refractivity contribution is 7.80. The molecule has 146 valence electrons. The molecule has 0 amide bonds. The number of nitrogens with one attached hydrogen (secondary N) is 1. The summed E-state index contributed by atoms with van der Waals surface area (Å²) in [6, 6.07) is 21.0. The van der Waals surface area contributed by atoms with Crippen LogP contribution >= 0.6 is 35.4 Å². The second-order valence-corrected chi connectivity index (χ2v) is 7.68. The summed E-state index contributed by atoms with van der Waals surface area (Å²) in [7, 11) is 1.64. The fraction of sp³-hybridized carbons (Fsp3) is 0.0909. The lowest BCUT2D eigenvalue weighted by Gasteiger charge is -2.19. The van der Waals surface area contributed by atoms with E-state index in [1.165, 1.54) is 0 Å². The summed E-state index contributed by atoms with van der Waals surface area (Å²) >= 11 is 18.4. The third-order valence-electron chi connectivity index (χ3n) is 4.55. The van der Waals surface area contributed by atoms with Gasteiger partial charge in [-0.2, -0.15) is 5.10 Å². The Bertz CT molecular complexity index is 1100. The number of methoxy groups -OCH3 is 1. The molecule has 29 heavy (non-hydrogen) atoms. The molecule has 0 radical (unpaired) electrons. The molecule has 1 aliphatic heterocycles. The lowest BCUT2D eigenvalue weighted by Crippen LogP contribution is -2.29. The van der Waals surface area contributed by atoms with Crippen LogP contribution in [0.2, 0.25) is 10.0 Å². The van der Waals surface area contributed by atoms with E-state index in [0.29, 0.717) is 27.4 Å². The second kappa shape index (κ2) is 8.41. The highest BCUT2D eigenvalue weighted by Crippen LogP contribution is 2.30. The van der Waals surface area contributed by atoms with Crippen LogP contribution in [0.3, 0.4) is 0 Å². The maximum Gasteiger partial charge on any atom is 0.194 e. The fourth-order valence-electron chi connectivity index (χ4n) is 3.08. The summed E-state index contributed by atoms with van der Waals surface area (Å²) in [4.78, 5) is 0. The summed E-state index contributed by atoms with van der Waals surface area (Å²) in [5.41, 5.74) is 4.22. The lowest BCUT2D eigenvalue weighted by atomic mass is 10.0. The first-order valence-electron chi connectivity index (χ1n) is 8.90. The van der Waals surface area contributed by atoms with E-state index in [9.17, 15) is 0 Å². The molecule has 0 saturated carbocycles. The number of benzene rings is 3. The Balaban J connectivity index is 1.80. The minimum absolute atomic E-state index is 0.492. The lowest BCUT2D eigenvalue weighted by molar-refractivity contribution is 0.413. The van der Waals surface area contributed by atoms with Gasteiger partial charge in [-0.05, 0) is 54.2 Å². The first kappa shape index (κ1) is 19.7. The second-order valence-electron chi connectivity index (χ2n) is 6.45. The molecule has 3 aromatic carbocycles. The van der Waals surface area contributed by atoms with Crippen molar-refractivity contribution in [3.05, 3.63) is 93.5 Å². The van der Waals surface area contributed by atoms with Crippen molar-refractivity contribution in [1.29, 1.82) is 0 Å². The summed E-state index contributed by atoms with van der Waals surface area (Å²) in [5.74, 6) is 0.799. The van der Waals surface area contributed by atoms with Gasteiger partial charge in [-0.1, -0.05) is 53.5 Å². The highest BCUT2D eigenvalue weighted by atomic mass is 35.5. The number of rotatable bonds is 4. The van der Waals surface area contributed by atoms with Gasteiger partial charge in [0.15, 0.2) is 5.11 Å². The van der Waals surface area contributed by atoms with Gasteiger partial charge in [-0.15, -0.1) is 0 Å². The van der Waals surface area contributed by atoms with Crippen molar-refractivity contribution in [3.63, 3.8) is 0 Å². The number of fused-ring (bicyclic) bond motifs is 1. The van der Waals surface area contributed by atoms with E-state index >= 15 is 0 Å². The van der Waals surface area contributed by atoms with E-state index in [-0.39, 0.29) is 0 Å². The first-order chi connectivity index (χ1) is 14.0. The smallest absolute Gasteiger partial charge is 0.194 e. The zero-order valence-corrected chi connectivity index (χ0v) is 17.9. The van der Waals surface area contributed by atoms with E-state index in [4.69, 9.17) is 45.3 Å². The van der Waals surface area contributed by atoms with E-state index < -0.39 is 0 Å². The average molecular weight is 442 g/mol. The van der Waals surface area contributed by atoms with E-state index in [0.717, 1.165) is 28.1 Å². The van der Waals surface area contributed by atoms with Crippen molar-refractivity contribution in [2.24, 2.45) is 5.10 Å². The van der Waals surface area contributed by atoms with Crippen LogP contribution in [0.15, 0.2) is 71.8 Å². The largest absolute Gasteiger partial charge is 0.497 e. The molecule has 0 aliphatic carbocycles. The number of halogens is 2. The van der Waals surface area contributed by atoms with Gasteiger partial charge in [0.2, 0.25) is 0 Å². The molecule has 0 atom stereocenters. The quantitative estimate of drug-likeness (QED) is 0.506. The molecular formula is C22H17Cl2N3OS. The number of anilines is 1. The summed E-state index contributed by atoms with van der Waals surface area (Å²) in [6.07, 6.45) is 0. The molecule has 0 saturated heterocycles. The molecule has 4 nitrogen and oxygen atoms in total. The van der Waals surface area contributed by atoms with Crippen LogP contribution in [-0.2, 0) is 6.54 Å². The maximum absolute atomic E-state index is 6.50. The Morgan fingerprint density at radius 3 is 2.48 bits per heavy atom. The predicted octanol–water partition coefficient (Wildman–Crippen LogP) is 5.97. The van der Waals surface area contributed by atoms with Gasteiger partial charge in [-0.3, -0.25) is 0 Å². The fourth-order valence-corrected chi connectivity index (χ4v) is 3.70. The number of thiocarbonyl (C=S) groups is 1. The minimum atomic E-state index is 0.492. The Kier molecular flexibility index (Phi) is 5.72. The van der Waals surface area contributed by atoms with Gasteiger partial charge in [0, 0.05) is 21.8 Å². The van der Waals surface area contributed by atoms with Crippen molar-refractivity contribution in [3.8, 4) is 5.75 Å². The minimum Gasteiger partial charge on any atom is -0.497 e. The molecule has 3 aromatic rings. The molecule has 0 spiro atoms. The molecule has 0 unspecified atom stereocenters. The topological polar surface area (TPSA) is 36.9 Å². The number of hydrogen-bond donors (Lipinski definition) is 1. The summed E-state index contributed by atoms with van der Waals surface area (Å²) in [6.45, 7) is 0.492. The van der Waals surface area contributed by atoms with Gasteiger partial charge >= 0.3 is 0 Å². The molecule has 1 heterocycles. The van der Waals surface area contributed by atoms with Crippen LogP contribution in [-0.4, -0.2) is 22.9 Å². The molecule has 7 heteroatoms. The Morgan fingerprint density at radius 1 is 1.00 bits per heavy atom. The molecule has 4 rings (SSSR count). The SMILES string of the molecule is COc1ccc(CN2N=C(c3ccccc3Cl)c3cc(Cl)ccc3NC2=S)cc1. The van der Waals surface area contributed by atoms with Gasteiger partial charge in [0.1, 0.15) is 11.5 Å². The first-order valence-corrected chi connectivity index (χ1v) is 10.1. The van der Waals surface area contributed by atoms with Gasteiger partial charge < -0.3 is 10.1 Å². The third kappa shape index (κ3) is 4.22. The van der Waals surface area contributed by atoms with Crippen LogP contribution in [0.1, 0.15) is 16.7 Å². The van der Waals surface area contributed by atoms with Crippen LogP contribution in [0.4, 0.5) is 5.69 Å². The molecule has 1 aliphatic rings. The third-order valence-corrected chi connectivity index (χ3v) is 5.43. The van der Waals surface area contributed by atoms with Crippen LogP contribution in [0.25, 0.3) is 0 Å². The Labute approximate surface area is 184 Å². The van der Waals surface area contributed by atoms with Crippen molar-refractivity contribution in [1.82, 2.24) is 5.01 Å². The van der Waals surface area contributed by atoms with Crippen LogP contribution in [0, 0.1) is 0 Å². The van der Waals surface area contributed by atoms with Crippen molar-refractivity contribution in [2.75, 3.05) is 12.4 Å². The predicted molar refractivity (Wildman–Crippen MR) is 123 cm³/mol. The van der Waals surface area contributed by atoms with Crippen molar-refractivity contribution in [2.45, 2.75) is 6.54 Å². The maximum atomic E-state index is 6.50. The molecular weight excluding hydrogens is 425 g/mol. The van der Waals surface area contributed by atoms with Crippen molar-refractivity contribution >= 4 is 51.9 Å². The number of nitrogens with zero attached hydrogens (tertiary/aromatic N) is 2. The van der Waals surface area contributed by atoms with Crippen LogP contribution in [0.5, 0.6) is 5.75 Å². The molecule has 1 N–H and O–H groups in total. The molecule has 0 bridgehead atoms. The number of hydrogen-bond acceptors (Lipinski definition) is 3. The van der Waals surface area contributed by atoms with Gasteiger partial charge in [-0.25, -0.2) is 5.01 Å². The summed E-state index contributed by atoms with van der Waals surface area (Å²) < 4.78 is 5.24.